The molecule has 26 heavy (non-hydrogen) atoms. The van der Waals surface area contributed by atoms with Crippen molar-refractivity contribution in [3.8, 4) is 5.75 Å². The van der Waals surface area contributed by atoms with Gasteiger partial charge in [0.25, 0.3) is 5.91 Å². The Hall–Kier alpha value is -2.80. The van der Waals surface area contributed by atoms with Crippen molar-refractivity contribution in [3.63, 3.8) is 0 Å². The summed E-state index contributed by atoms with van der Waals surface area (Å²) in [6, 6.07) is 9.92. The lowest BCUT2D eigenvalue weighted by Crippen LogP contribution is -2.26. The van der Waals surface area contributed by atoms with Crippen LogP contribution in [-0.2, 0) is 11.3 Å². The fraction of sp³-hybridized carbons (Fsp3) is 0.368. The number of rotatable bonds is 9. The predicted molar refractivity (Wildman–Crippen MR) is 96.3 cm³/mol. The van der Waals surface area contributed by atoms with Gasteiger partial charge in [0.2, 0.25) is 0 Å². The average Bonchev–Trinajstić information content (AvgIpc) is 3.12. The number of amides is 1. The van der Waals surface area contributed by atoms with Gasteiger partial charge in [0, 0.05) is 6.54 Å². The monoisotopic (exact) mass is 360 g/mol. The molecule has 0 atom stereocenters. The zero-order valence-corrected chi connectivity index (χ0v) is 15.3. The van der Waals surface area contributed by atoms with Crippen LogP contribution in [0.5, 0.6) is 5.75 Å². The second-order valence-electron chi connectivity index (χ2n) is 5.98. The SMILES string of the molecule is COC(=O)c1ccc(OCc2ccc(C(=O)NCCCN(C)C)o2)cc1. The van der Waals surface area contributed by atoms with E-state index in [2.05, 4.69) is 15.0 Å². The Labute approximate surface area is 152 Å². The number of hydrogen-bond donors (Lipinski definition) is 1. The fourth-order valence-electron chi connectivity index (χ4n) is 2.22. The number of carbonyl (C=O) groups excluding carboxylic acids is 2. The van der Waals surface area contributed by atoms with Gasteiger partial charge in [0.15, 0.2) is 5.76 Å². The maximum absolute atomic E-state index is 12.0. The van der Waals surface area contributed by atoms with E-state index in [1.54, 1.807) is 36.4 Å². The smallest absolute Gasteiger partial charge is 0.337 e. The van der Waals surface area contributed by atoms with Gasteiger partial charge >= 0.3 is 5.97 Å². The molecule has 7 heteroatoms. The molecule has 1 aromatic carbocycles. The first-order valence-corrected chi connectivity index (χ1v) is 8.32. The molecule has 0 saturated heterocycles. The number of nitrogens with zero attached hydrogens (tertiary/aromatic N) is 1. The van der Waals surface area contributed by atoms with E-state index in [9.17, 15) is 9.59 Å². The van der Waals surface area contributed by atoms with Crippen LogP contribution in [0.15, 0.2) is 40.8 Å². The zero-order chi connectivity index (χ0) is 18.9. The fourth-order valence-corrected chi connectivity index (χ4v) is 2.22. The molecule has 140 valence electrons. The molecule has 7 nitrogen and oxygen atoms in total. The largest absolute Gasteiger partial charge is 0.486 e. The topological polar surface area (TPSA) is 81.0 Å². The highest BCUT2D eigenvalue weighted by Crippen LogP contribution is 2.16. The number of nitrogens with one attached hydrogen (secondary N) is 1. The van der Waals surface area contributed by atoms with Gasteiger partial charge < -0.3 is 24.1 Å². The molecule has 1 amide bonds. The van der Waals surface area contributed by atoms with Gasteiger partial charge in [-0.1, -0.05) is 0 Å². The average molecular weight is 360 g/mol. The van der Waals surface area contributed by atoms with Crippen molar-refractivity contribution in [2.24, 2.45) is 0 Å². The molecule has 2 rings (SSSR count). The van der Waals surface area contributed by atoms with E-state index in [-0.39, 0.29) is 18.3 Å². The van der Waals surface area contributed by atoms with Crippen molar-refractivity contribution < 1.29 is 23.5 Å². The Morgan fingerprint density at radius 2 is 1.85 bits per heavy atom. The first kappa shape index (κ1) is 19.5. The summed E-state index contributed by atoms with van der Waals surface area (Å²) in [7, 11) is 5.31. The third-order valence-electron chi connectivity index (χ3n) is 3.61. The van der Waals surface area contributed by atoms with Crippen LogP contribution in [-0.4, -0.2) is 51.1 Å². The quantitative estimate of drug-likeness (QED) is 0.546. The Morgan fingerprint density at radius 1 is 1.12 bits per heavy atom. The third kappa shape index (κ3) is 5.93. The molecule has 0 radical (unpaired) electrons. The summed E-state index contributed by atoms with van der Waals surface area (Å²) >= 11 is 0. The van der Waals surface area contributed by atoms with Gasteiger partial charge in [0.1, 0.15) is 18.1 Å². The molecule has 0 spiro atoms. The van der Waals surface area contributed by atoms with Gasteiger partial charge in [-0.3, -0.25) is 4.79 Å². The molecule has 0 bridgehead atoms. The van der Waals surface area contributed by atoms with Crippen molar-refractivity contribution in [1.29, 1.82) is 0 Å². The molecule has 1 N–H and O–H groups in total. The van der Waals surface area contributed by atoms with E-state index in [1.165, 1.54) is 7.11 Å². The highest BCUT2D eigenvalue weighted by molar-refractivity contribution is 5.91. The standard InChI is InChI=1S/C19H24N2O5/c1-21(2)12-4-11-20-18(22)17-10-9-16(26-17)13-25-15-7-5-14(6-8-15)19(23)24-3/h5-10H,4,11-13H2,1-3H3,(H,20,22). The van der Waals surface area contributed by atoms with Crippen molar-refractivity contribution in [2.75, 3.05) is 34.3 Å². The van der Waals surface area contributed by atoms with Crippen LogP contribution in [0.3, 0.4) is 0 Å². The zero-order valence-electron chi connectivity index (χ0n) is 15.3. The molecular formula is C19H24N2O5. The van der Waals surface area contributed by atoms with E-state index < -0.39 is 5.97 Å². The van der Waals surface area contributed by atoms with Crippen LogP contribution in [0.25, 0.3) is 0 Å². The normalized spacial score (nSPS) is 10.6. The van der Waals surface area contributed by atoms with Gasteiger partial charge in [-0.25, -0.2) is 4.79 Å². The lowest BCUT2D eigenvalue weighted by molar-refractivity contribution is 0.0600. The summed E-state index contributed by atoms with van der Waals surface area (Å²) in [6.07, 6.45) is 0.872. The minimum atomic E-state index is -0.399. The predicted octanol–water partition coefficient (Wildman–Crippen LogP) is 2.33. The number of hydrogen-bond acceptors (Lipinski definition) is 6. The van der Waals surface area contributed by atoms with Crippen LogP contribution >= 0.6 is 0 Å². The van der Waals surface area contributed by atoms with Crippen molar-refractivity contribution in [3.05, 3.63) is 53.5 Å². The third-order valence-corrected chi connectivity index (χ3v) is 3.61. The molecule has 0 unspecified atom stereocenters. The van der Waals surface area contributed by atoms with Crippen molar-refractivity contribution >= 4 is 11.9 Å². The Bertz CT molecular complexity index is 722. The van der Waals surface area contributed by atoms with E-state index in [4.69, 9.17) is 9.15 Å². The molecule has 1 heterocycles. The number of benzene rings is 1. The molecule has 2 aromatic rings. The summed E-state index contributed by atoms with van der Waals surface area (Å²) in [4.78, 5) is 25.4. The Kier molecular flexibility index (Phi) is 7.23. The summed E-state index contributed by atoms with van der Waals surface area (Å²) in [5.41, 5.74) is 0.450. The van der Waals surface area contributed by atoms with Crippen molar-refractivity contribution in [2.45, 2.75) is 13.0 Å². The minimum Gasteiger partial charge on any atom is -0.486 e. The van der Waals surface area contributed by atoms with Crippen LogP contribution in [0.1, 0.15) is 33.1 Å². The molecular weight excluding hydrogens is 336 g/mol. The summed E-state index contributed by atoms with van der Waals surface area (Å²) in [6.45, 7) is 1.69. The van der Waals surface area contributed by atoms with Crippen molar-refractivity contribution in [1.82, 2.24) is 10.2 Å². The van der Waals surface area contributed by atoms with E-state index in [0.717, 1.165) is 13.0 Å². The number of methoxy groups -OCH3 is 1. The lowest BCUT2D eigenvalue weighted by atomic mass is 10.2. The van der Waals surface area contributed by atoms with E-state index >= 15 is 0 Å². The number of carbonyl (C=O) groups is 2. The summed E-state index contributed by atoms with van der Waals surface area (Å²) < 4.78 is 15.7. The maximum atomic E-state index is 12.0. The van der Waals surface area contributed by atoms with E-state index in [1.807, 2.05) is 14.1 Å². The van der Waals surface area contributed by atoms with Crippen LogP contribution < -0.4 is 10.1 Å². The lowest BCUT2D eigenvalue weighted by Gasteiger charge is -2.09. The molecule has 1 aromatic heterocycles. The Balaban J connectivity index is 1.80. The number of ether oxygens (including phenoxy) is 2. The summed E-state index contributed by atoms with van der Waals surface area (Å²) in [5.74, 6) is 0.750. The molecule has 0 aliphatic heterocycles. The molecule has 0 fully saturated rings. The van der Waals surface area contributed by atoms with Gasteiger partial charge in [0.05, 0.1) is 12.7 Å². The van der Waals surface area contributed by atoms with Gasteiger partial charge in [-0.15, -0.1) is 0 Å². The van der Waals surface area contributed by atoms with Crippen LogP contribution in [0, 0.1) is 0 Å². The van der Waals surface area contributed by atoms with Gasteiger partial charge in [-0.05, 0) is 63.5 Å². The second kappa shape index (κ2) is 9.62. The minimum absolute atomic E-state index is 0.186. The van der Waals surface area contributed by atoms with Gasteiger partial charge in [-0.2, -0.15) is 0 Å². The van der Waals surface area contributed by atoms with Crippen LogP contribution in [0.2, 0.25) is 0 Å². The Morgan fingerprint density at radius 3 is 2.50 bits per heavy atom. The maximum Gasteiger partial charge on any atom is 0.337 e. The van der Waals surface area contributed by atoms with Crippen LogP contribution in [0.4, 0.5) is 0 Å². The first-order chi connectivity index (χ1) is 12.5. The highest BCUT2D eigenvalue weighted by atomic mass is 16.5. The molecule has 0 aliphatic rings. The number of esters is 1. The number of furan rings is 1. The first-order valence-electron chi connectivity index (χ1n) is 8.32. The second-order valence-corrected chi connectivity index (χ2v) is 5.98. The molecule has 0 saturated carbocycles. The highest BCUT2D eigenvalue weighted by Gasteiger charge is 2.11. The summed E-state index contributed by atoms with van der Waals surface area (Å²) in [5, 5.41) is 2.82. The molecule has 0 aliphatic carbocycles. The van der Waals surface area contributed by atoms with E-state index in [0.29, 0.717) is 23.6 Å².